The number of nitrogens with zero attached hydrogens (tertiary/aromatic N) is 1. The quantitative estimate of drug-likeness (QED) is 0.688. The van der Waals surface area contributed by atoms with Crippen molar-refractivity contribution in [3.63, 3.8) is 0 Å². The SMILES string of the molecule is O=C(O)CCCNC(=O)N(CCc1ccccc1)Cc1ccccc1. The van der Waals surface area contributed by atoms with Gasteiger partial charge in [-0.1, -0.05) is 60.7 Å². The molecule has 0 saturated carbocycles. The number of aliphatic carboxylic acids is 1. The van der Waals surface area contributed by atoms with E-state index in [1.54, 1.807) is 4.90 Å². The van der Waals surface area contributed by atoms with Crippen molar-refractivity contribution in [1.29, 1.82) is 0 Å². The molecule has 132 valence electrons. The van der Waals surface area contributed by atoms with Crippen LogP contribution in [0.25, 0.3) is 0 Å². The molecule has 0 saturated heterocycles. The number of carbonyl (C=O) groups is 2. The van der Waals surface area contributed by atoms with Crippen LogP contribution in [-0.4, -0.2) is 35.1 Å². The molecule has 2 rings (SSSR count). The molecular formula is C20H24N2O3. The maximum Gasteiger partial charge on any atom is 0.317 e. The zero-order valence-electron chi connectivity index (χ0n) is 14.2. The molecule has 0 aliphatic rings. The lowest BCUT2D eigenvalue weighted by molar-refractivity contribution is -0.137. The zero-order chi connectivity index (χ0) is 17.9. The molecule has 0 bridgehead atoms. The van der Waals surface area contributed by atoms with E-state index in [9.17, 15) is 9.59 Å². The lowest BCUT2D eigenvalue weighted by Gasteiger charge is -2.23. The largest absolute Gasteiger partial charge is 0.481 e. The van der Waals surface area contributed by atoms with Gasteiger partial charge in [-0.3, -0.25) is 4.79 Å². The fourth-order valence-electron chi connectivity index (χ4n) is 2.51. The standard InChI is InChI=1S/C20H24N2O3/c23-19(24)12-7-14-21-20(25)22(16-18-10-5-2-6-11-18)15-13-17-8-3-1-4-9-17/h1-6,8-11H,7,12-16H2,(H,21,25)(H,23,24). The number of carboxylic acid groups (broad SMARTS) is 1. The van der Waals surface area contributed by atoms with Gasteiger partial charge in [0.15, 0.2) is 0 Å². The second-order valence-electron chi connectivity index (χ2n) is 5.87. The molecule has 0 heterocycles. The van der Waals surface area contributed by atoms with Crippen LogP contribution in [0.1, 0.15) is 24.0 Å². The van der Waals surface area contributed by atoms with Gasteiger partial charge in [-0.15, -0.1) is 0 Å². The number of urea groups is 1. The maximum atomic E-state index is 12.5. The Morgan fingerprint density at radius 1 is 0.920 bits per heavy atom. The minimum atomic E-state index is -0.848. The Labute approximate surface area is 148 Å². The van der Waals surface area contributed by atoms with Crippen LogP contribution in [0.3, 0.4) is 0 Å². The minimum Gasteiger partial charge on any atom is -0.481 e. The average molecular weight is 340 g/mol. The zero-order valence-corrected chi connectivity index (χ0v) is 14.2. The van der Waals surface area contributed by atoms with Crippen molar-refractivity contribution in [3.8, 4) is 0 Å². The number of nitrogens with one attached hydrogen (secondary N) is 1. The third kappa shape index (κ3) is 7.08. The Kier molecular flexibility index (Phi) is 7.50. The number of amides is 2. The van der Waals surface area contributed by atoms with Gasteiger partial charge in [0.05, 0.1) is 0 Å². The van der Waals surface area contributed by atoms with Gasteiger partial charge in [-0.2, -0.15) is 0 Å². The van der Waals surface area contributed by atoms with Gasteiger partial charge in [0.1, 0.15) is 0 Å². The molecule has 0 unspecified atom stereocenters. The molecule has 0 fully saturated rings. The summed E-state index contributed by atoms with van der Waals surface area (Å²) in [6.45, 7) is 1.49. The molecule has 0 radical (unpaired) electrons. The molecule has 2 aromatic carbocycles. The Balaban J connectivity index is 1.93. The summed E-state index contributed by atoms with van der Waals surface area (Å²) in [6.07, 6.45) is 1.26. The summed E-state index contributed by atoms with van der Waals surface area (Å²) in [5.41, 5.74) is 2.25. The third-order valence-electron chi connectivity index (χ3n) is 3.86. The van der Waals surface area contributed by atoms with E-state index in [0.717, 1.165) is 12.0 Å². The Morgan fingerprint density at radius 2 is 1.52 bits per heavy atom. The molecule has 5 nitrogen and oxygen atoms in total. The first-order chi connectivity index (χ1) is 12.1. The van der Waals surface area contributed by atoms with Crippen LogP contribution in [0.2, 0.25) is 0 Å². The monoisotopic (exact) mass is 340 g/mol. The van der Waals surface area contributed by atoms with Gasteiger partial charge in [0, 0.05) is 26.1 Å². The second kappa shape index (κ2) is 10.1. The second-order valence-corrected chi connectivity index (χ2v) is 5.87. The summed E-state index contributed by atoms with van der Waals surface area (Å²) in [4.78, 5) is 24.8. The highest BCUT2D eigenvalue weighted by atomic mass is 16.4. The molecule has 2 N–H and O–H groups in total. The normalized spacial score (nSPS) is 10.2. The topological polar surface area (TPSA) is 69.6 Å². The fourth-order valence-corrected chi connectivity index (χ4v) is 2.51. The van der Waals surface area contributed by atoms with Crippen LogP contribution in [0.4, 0.5) is 4.79 Å². The van der Waals surface area contributed by atoms with E-state index in [1.165, 1.54) is 5.56 Å². The summed E-state index contributed by atoms with van der Waals surface area (Å²) in [6, 6.07) is 19.7. The van der Waals surface area contributed by atoms with Crippen LogP contribution in [0, 0.1) is 0 Å². The Bertz CT molecular complexity index is 659. The predicted octanol–water partition coefficient (Wildman–Crippen LogP) is 3.31. The molecule has 2 amide bonds. The van der Waals surface area contributed by atoms with Gasteiger partial charge in [-0.25, -0.2) is 4.79 Å². The average Bonchev–Trinajstić information content (AvgIpc) is 2.63. The van der Waals surface area contributed by atoms with E-state index >= 15 is 0 Å². The van der Waals surface area contributed by atoms with E-state index in [-0.39, 0.29) is 12.5 Å². The lowest BCUT2D eigenvalue weighted by Crippen LogP contribution is -2.41. The number of benzene rings is 2. The lowest BCUT2D eigenvalue weighted by atomic mass is 10.1. The van der Waals surface area contributed by atoms with Crippen molar-refractivity contribution >= 4 is 12.0 Å². The maximum absolute atomic E-state index is 12.5. The van der Waals surface area contributed by atoms with Crippen LogP contribution < -0.4 is 5.32 Å². The first kappa shape index (κ1) is 18.5. The molecule has 2 aromatic rings. The summed E-state index contributed by atoms with van der Waals surface area (Å²) < 4.78 is 0. The molecule has 0 atom stereocenters. The van der Waals surface area contributed by atoms with Gasteiger partial charge in [0.2, 0.25) is 0 Å². The summed E-state index contributed by atoms with van der Waals surface area (Å²) in [5.74, 6) is -0.848. The Morgan fingerprint density at radius 3 is 2.12 bits per heavy atom. The van der Waals surface area contributed by atoms with Crippen LogP contribution in [0.15, 0.2) is 60.7 Å². The van der Waals surface area contributed by atoms with E-state index in [4.69, 9.17) is 5.11 Å². The van der Waals surface area contributed by atoms with E-state index in [1.807, 2.05) is 60.7 Å². The van der Waals surface area contributed by atoms with Crippen molar-refractivity contribution in [1.82, 2.24) is 10.2 Å². The molecular weight excluding hydrogens is 316 g/mol. The molecule has 5 heteroatoms. The minimum absolute atomic E-state index is 0.0585. The molecule has 0 aliphatic heterocycles. The predicted molar refractivity (Wildman–Crippen MR) is 97.3 cm³/mol. The fraction of sp³-hybridized carbons (Fsp3) is 0.300. The van der Waals surface area contributed by atoms with Gasteiger partial charge >= 0.3 is 12.0 Å². The van der Waals surface area contributed by atoms with Crippen molar-refractivity contribution in [3.05, 3.63) is 71.8 Å². The van der Waals surface area contributed by atoms with Crippen molar-refractivity contribution in [2.75, 3.05) is 13.1 Å². The van der Waals surface area contributed by atoms with Gasteiger partial charge < -0.3 is 15.3 Å². The number of hydrogen-bond acceptors (Lipinski definition) is 2. The smallest absolute Gasteiger partial charge is 0.317 e. The molecule has 0 aromatic heterocycles. The van der Waals surface area contributed by atoms with Gasteiger partial charge in [-0.05, 0) is 24.0 Å². The summed E-state index contributed by atoms with van der Waals surface area (Å²) in [5, 5.41) is 11.5. The highest BCUT2D eigenvalue weighted by molar-refractivity contribution is 5.74. The first-order valence-corrected chi connectivity index (χ1v) is 8.47. The number of carboxylic acids is 1. The van der Waals surface area contributed by atoms with Crippen molar-refractivity contribution < 1.29 is 14.7 Å². The Hall–Kier alpha value is -2.82. The van der Waals surface area contributed by atoms with Gasteiger partial charge in [0.25, 0.3) is 0 Å². The van der Waals surface area contributed by atoms with E-state index in [2.05, 4.69) is 5.32 Å². The van der Waals surface area contributed by atoms with Crippen molar-refractivity contribution in [2.45, 2.75) is 25.8 Å². The van der Waals surface area contributed by atoms with Crippen LogP contribution in [-0.2, 0) is 17.8 Å². The molecule has 25 heavy (non-hydrogen) atoms. The highest BCUT2D eigenvalue weighted by Crippen LogP contribution is 2.08. The first-order valence-electron chi connectivity index (χ1n) is 8.47. The molecule has 0 aliphatic carbocycles. The number of carbonyl (C=O) groups excluding carboxylic acids is 1. The van der Waals surface area contributed by atoms with E-state index in [0.29, 0.717) is 26.1 Å². The van der Waals surface area contributed by atoms with Crippen molar-refractivity contribution in [2.24, 2.45) is 0 Å². The van der Waals surface area contributed by atoms with Crippen LogP contribution >= 0.6 is 0 Å². The number of hydrogen-bond donors (Lipinski definition) is 2. The third-order valence-corrected chi connectivity index (χ3v) is 3.86. The van der Waals surface area contributed by atoms with E-state index < -0.39 is 5.97 Å². The summed E-state index contributed by atoms with van der Waals surface area (Å²) in [7, 11) is 0. The highest BCUT2D eigenvalue weighted by Gasteiger charge is 2.13. The summed E-state index contributed by atoms with van der Waals surface area (Å²) >= 11 is 0. The molecule has 0 spiro atoms. The van der Waals surface area contributed by atoms with Crippen LogP contribution in [0.5, 0.6) is 0 Å². The number of rotatable bonds is 9.